The summed E-state index contributed by atoms with van der Waals surface area (Å²) in [5.41, 5.74) is 5.97. The van der Waals surface area contributed by atoms with Crippen molar-refractivity contribution in [1.82, 2.24) is 9.55 Å². The second-order valence-corrected chi connectivity index (χ2v) is 3.46. The van der Waals surface area contributed by atoms with Gasteiger partial charge in [-0.2, -0.15) is 0 Å². The van der Waals surface area contributed by atoms with Crippen LogP contribution in [0, 0.1) is 5.82 Å². The zero-order valence-electron chi connectivity index (χ0n) is 8.92. The van der Waals surface area contributed by atoms with E-state index in [1.165, 1.54) is 12.3 Å². The number of nitrogens with zero attached hydrogens (tertiary/aromatic N) is 3. The highest BCUT2D eigenvalue weighted by molar-refractivity contribution is 5.93. The van der Waals surface area contributed by atoms with Crippen molar-refractivity contribution in [2.24, 2.45) is 10.9 Å². The van der Waals surface area contributed by atoms with Gasteiger partial charge in [0, 0.05) is 18.0 Å². The molecule has 3 N–H and O–H groups in total. The molecule has 5 nitrogen and oxygen atoms in total. The molecule has 0 saturated carbocycles. The highest BCUT2D eigenvalue weighted by atomic mass is 19.1. The van der Waals surface area contributed by atoms with Gasteiger partial charge in [-0.15, -0.1) is 0 Å². The van der Waals surface area contributed by atoms with Crippen molar-refractivity contribution < 1.29 is 9.60 Å². The number of nitrogens with two attached hydrogens (primary N) is 1. The van der Waals surface area contributed by atoms with Gasteiger partial charge in [-0.3, -0.25) is 0 Å². The maximum atomic E-state index is 13.5. The van der Waals surface area contributed by atoms with E-state index in [1.807, 2.05) is 0 Å². The van der Waals surface area contributed by atoms with E-state index in [2.05, 4.69) is 10.1 Å². The molecule has 1 heterocycles. The smallest absolute Gasteiger partial charge is 0.206 e. The standard InChI is InChI=1S/C11H11FN4O/c12-9-4-2-1-3-8(9)7-16-6-5-14-11(16)10(13)15-17/h1-6,17H,7H2,(H2,13,15). The molecule has 2 rings (SSSR count). The van der Waals surface area contributed by atoms with E-state index in [4.69, 9.17) is 10.9 Å². The second-order valence-electron chi connectivity index (χ2n) is 3.46. The minimum absolute atomic E-state index is 0.105. The van der Waals surface area contributed by atoms with Gasteiger partial charge in [0.15, 0.2) is 5.82 Å². The summed E-state index contributed by atoms with van der Waals surface area (Å²) in [7, 11) is 0. The Kier molecular flexibility index (Phi) is 3.04. The maximum Gasteiger partial charge on any atom is 0.206 e. The molecule has 2 aromatic rings. The number of amidine groups is 1. The van der Waals surface area contributed by atoms with Crippen LogP contribution in [0.4, 0.5) is 4.39 Å². The molecule has 1 aromatic carbocycles. The lowest BCUT2D eigenvalue weighted by Crippen LogP contribution is -2.20. The number of benzene rings is 1. The SMILES string of the molecule is NC(=NO)c1nccn1Cc1ccccc1F. The molecular weight excluding hydrogens is 223 g/mol. The largest absolute Gasteiger partial charge is 0.409 e. The third-order valence-electron chi connectivity index (χ3n) is 2.35. The molecule has 0 aliphatic rings. The van der Waals surface area contributed by atoms with Crippen LogP contribution in [0.5, 0.6) is 0 Å². The summed E-state index contributed by atoms with van der Waals surface area (Å²) in [5, 5.41) is 11.5. The minimum atomic E-state index is -0.299. The highest BCUT2D eigenvalue weighted by Gasteiger charge is 2.09. The Morgan fingerprint density at radius 3 is 2.94 bits per heavy atom. The van der Waals surface area contributed by atoms with Crippen molar-refractivity contribution >= 4 is 5.84 Å². The van der Waals surface area contributed by atoms with E-state index in [-0.39, 0.29) is 18.2 Å². The summed E-state index contributed by atoms with van der Waals surface area (Å²) >= 11 is 0. The number of hydrogen-bond donors (Lipinski definition) is 2. The number of aromatic nitrogens is 2. The van der Waals surface area contributed by atoms with Crippen LogP contribution in [0.25, 0.3) is 0 Å². The molecule has 0 aliphatic carbocycles. The molecule has 0 amide bonds. The number of halogens is 1. The van der Waals surface area contributed by atoms with E-state index in [0.717, 1.165) is 0 Å². The van der Waals surface area contributed by atoms with E-state index in [1.54, 1.807) is 29.0 Å². The first-order chi connectivity index (χ1) is 8.22. The summed E-state index contributed by atoms with van der Waals surface area (Å²) in [6, 6.07) is 6.43. The highest BCUT2D eigenvalue weighted by Crippen LogP contribution is 2.09. The predicted molar refractivity (Wildman–Crippen MR) is 60.2 cm³/mol. The van der Waals surface area contributed by atoms with Crippen molar-refractivity contribution in [3.05, 3.63) is 53.9 Å². The maximum absolute atomic E-state index is 13.5. The number of imidazole rings is 1. The third-order valence-corrected chi connectivity index (χ3v) is 2.35. The molecule has 6 heteroatoms. The Balaban J connectivity index is 2.32. The van der Waals surface area contributed by atoms with Crippen LogP contribution in [0.15, 0.2) is 41.8 Å². The van der Waals surface area contributed by atoms with Gasteiger partial charge in [0.05, 0.1) is 6.54 Å². The van der Waals surface area contributed by atoms with Crippen molar-refractivity contribution in [2.75, 3.05) is 0 Å². The van der Waals surface area contributed by atoms with Crippen molar-refractivity contribution in [2.45, 2.75) is 6.54 Å². The molecule has 0 spiro atoms. The molecule has 0 bridgehead atoms. The predicted octanol–water partition coefficient (Wildman–Crippen LogP) is 1.16. The zero-order valence-corrected chi connectivity index (χ0v) is 8.92. The first-order valence-electron chi connectivity index (χ1n) is 4.95. The molecule has 0 saturated heterocycles. The van der Waals surface area contributed by atoms with Crippen LogP contribution in [-0.4, -0.2) is 20.6 Å². The second kappa shape index (κ2) is 4.65. The summed E-state index contributed by atoms with van der Waals surface area (Å²) in [6.07, 6.45) is 3.15. The van der Waals surface area contributed by atoms with Crippen molar-refractivity contribution in [3.63, 3.8) is 0 Å². The first-order valence-corrected chi connectivity index (χ1v) is 4.95. The molecule has 0 radical (unpaired) electrons. The van der Waals surface area contributed by atoms with Crippen molar-refractivity contribution in [1.29, 1.82) is 0 Å². The quantitative estimate of drug-likeness (QED) is 0.362. The average Bonchev–Trinajstić information content (AvgIpc) is 2.79. The van der Waals surface area contributed by atoms with Crippen LogP contribution in [0.2, 0.25) is 0 Å². The fourth-order valence-electron chi connectivity index (χ4n) is 1.52. The van der Waals surface area contributed by atoms with Crippen molar-refractivity contribution in [3.8, 4) is 0 Å². The molecule has 0 aliphatic heterocycles. The Hall–Kier alpha value is -2.37. The zero-order chi connectivity index (χ0) is 12.3. The Morgan fingerprint density at radius 2 is 2.24 bits per heavy atom. The van der Waals surface area contributed by atoms with Crippen LogP contribution < -0.4 is 5.73 Å². The molecule has 0 atom stereocenters. The van der Waals surface area contributed by atoms with Gasteiger partial charge in [0.2, 0.25) is 5.84 Å². The van der Waals surface area contributed by atoms with Gasteiger partial charge in [0.25, 0.3) is 0 Å². The Labute approximate surface area is 97.0 Å². The molecular formula is C11H11FN4O. The van der Waals surface area contributed by atoms with Crippen LogP contribution in [0.1, 0.15) is 11.4 Å². The number of rotatable bonds is 3. The van der Waals surface area contributed by atoms with Gasteiger partial charge in [0.1, 0.15) is 5.82 Å². The molecule has 88 valence electrons. The monoisotopic (exact) mass is 234 g/mol. The summed E-state index contributed by atoms with van der Waals surface area (Å²) in [5.74, 6) is -0.103. The molecule has 1 aromatic heterocycles. The normalized spacial score (nSPS) is 11.7. The molecule has 17 heavy (non-hydrogen) atoms. The Morgan fingerprint density at radius 1 is 1.47 bits per heavy atom. The topological polar surface area (TPSA) is 76.4 Å². The lowest BCUT2D eigenvalue weighted by atomic mass is 10.2. The lowest BCUT2D eigenvalue weighted by Gasteiger charge is -2.07. The van der Waals surface area contributed by atoms with Gasteiger partial charge in [-0.05, 0) is 6.07 Å². The fourth-order valence-corrected chi connectivity index (χ4v) is 1.52. The third kappa shape index (κ3) is 2.25. The van der Waals surface area contributed by atoms with E-state index < -0.39 is 0 Å². The summed E-state index contributed by atoms with van der Waals surface area (Å²) in [4.78, 5) is 3.94. The van der Waals surface area contributed by atoms with Gasteiger partial charge in [-0.1, -0.05) is 23.4 Å². The first kappa shape index (κ1) is 11.1. The molecule has 0 unspecified atom stereocenters. The van der Waals surface area contributed by atoms with Gasteiger partial charge in [-0.25, -0.2) is 9.37 Å². The lowest BCUT2D eigenvalue weighted by molar-refractivity contribution is 0.318. The number of oxime groups is 1. The van der Waals surface area contributed by atoms with Crippen LogP contribution in [0.3, 0.4) is 0 Å². The van der Waals surface area contributed by atoms with Crippen LogP contribution >= 0.6 is 0 Å². The van der Waals surface area contributed by atoms with E-state index in [0.29, 0.717) is 11.4 Å². The van der Waals surface area contributed by atoms with Gasteiger partial charge >= 0.3 is 0 Å². The summed E-state index contributed by atoms with van der Waals surface area (Å²) in [6.45, 7) is 0.276. The average molecular weight is 234 g/mol. The minimum Gasteiger partial charge on any atom is -0.409 e. The number of hydrogen-bond acceptors (Lipinski definition) is 3. The van der Waals surface area contributed by atoms with E-state index >= 15 is 0 Å². The van der Waals surface area contributed by atoms with Crippen LogP contribution in [-0.2, 0) is 6.54 Å². The molecule has 0 fully saturated rings. The van der Waals surface area contributed by atoms with Gasteiger partial charge < -0.3 is 15.5 Å². The fraction of sp³-hybridized carbons (Fsp3) is 0.0909. The summed E-state index contributed by atoms with van der Waals surface area (Å²) < 4.78 is 15.1. The Bertz CT molecular complexity index is 550. The van der Waals surface area contributed by atoms with E-state index in [9.17, 15) is 4.39 Å².